The number of ether oxygens (including phenoxy) is 1. The molecular weight excluding hydrogens is 372 g/mol. The number of rotatable bonds is 5. The molecule has 3 rings (SSSR count). The third-order valence-electron chi connectivity index (χ3n) is 4.33. The minimum atomic E-state index is -0.522. The molecule has 3 aromatic rings. The molecule has 1 N–H and O–H groups in total. The Morgan fingerprint density at radius 1 is 1.21 bits per heavy atom. The second-order valence-electron chi connectivity index (χ2n) is 6.31. The van der Waals surface area contributed by atoms with Crippen molar-refractivity contribution >= 4 is 11.2 Å². The van der Waals surface area contributed by atoms with Crippen LogP contribution in [0.5, 0.6) is 5.75 Å². The Balaban J connectivity index is 2.03. The van der Waals surface area contributed by atoms with Crippen molar-refractivity contribution in [2.45, 2.75) is 13.0 Å². The van der Waals surface area contributed by atoms with Crippen LogP contribution in [-0.4, -0.2) is 37.0 Å². The summed E-state index contributed by atoms with van der Waals surface area (Å²) < 4.78 is 9.38. The largest absolute Gasteiger partial charge is 0.493 e. The summed E-state index contributed by atoms with van der Waals surface area (Å²) in [5.74, 6) is 9.25. The van der Waals surface area contributed by atoms with E-state index in [0.717, 1.165) is 4.57 Å². The molecule has 0 bridgehead atoms. The SMILES string of the molecule is C#CCn1c(=O)c2c(nc(C#Cc3cccc(OCCCO)c3)n2C)n(C)c1=O. The Morgan fingerprint density at radius 2 is 2.00 bits per heavy atom. The van der Waals surface area contributed by atoms with E-state index >= 15 is 0 Å². The van der Waals surface area contributed by atoms with Crippen LogP contribution >= 0.6 is 0 Å². The van der Waals surface area contributed by atoms with Gasteiger partial charge >= 0.3 is 5.69 Å². The number of aryl methyl sites for hydroxylation is 2. The number of hydrogen-bond acceptors (Lipinski definition) is 5. The first-order valence-corrected chi connectivity index (χ1v) is 8.93. The van der Waals surface area contributed by atoms with Crippen LogP contribution in [0.3, 0.4) is 0 Å². The highest BCUT2D eigenvalue weighted by molar-refractivity contribution is 5.72. The summed E-state index contributed by atoms with van der Waals surface area (Å²) in [6, 6.07) is 7.23. The highest BCUT2D eigenvalue weighted by atomic mass is 16.5. The van der Waals surface area contributed by atoms with Crippen LogP contribution in [0.1, 0.15) is 17.8 Å². The summed E-state index contributed by atoms with van der Waals surface area (Å²) in [6.07, 6.45) is 5.82. The molecule has 0 radical (unpaired) electrons. The zero-order valence-electron chi connectivity index (χ0n) is 16.2. The molecule has 29 heavy (non-hydrogen) atoms. The van der Waals surface area contributed by atoms with E-state index in [1.165, 1.54) is 11.6 Å². The number of fused-ring (bicyclic) bond motifs is 1. The number of aromatic nitrogens is 4. The van der Waals surface area contributed by atoms with Gasteiger partial charge in [-0.05, 0) is 24.1 Å². The lowest BCUT2D eigenvalue weighted by Gasteiger charge is -2.05. The Labute approximate surface area is 167 Å². The smallest absolute Gasteiger partial charge is 0.333 e. The van der Waals surface area contributed by atoms with Crippen LogP contribution in [0, 0.1) is 24.2 Å². The number of hydrogen-bond donors (Lipinski definition) is 1. The molecular formula is C21H20N4O4. The first kappa shape index (κ1) is 20.0. The van der Waals surface area contributed by atoms with Crippen molar-refractivity contribution in [1.29, 1.82) is 0 Å². The van der Waals surface area contributed by atoms with Gasteiger partial charge in [-0.25, -0.2) is 14.3 Å². The summed E-state index contributed by atoms with van der Waals surface area (Å²) in [4.78, 5) is 29.4. The third-order valence-corrected chi connectivity index (χ3v) is 4.33. The molecule has 0 atom stereocenters. The fourth-order valence-electron chi connectivity index (χ4n) is 2.83. The molecule has 0 unspecified atom stereocenters. The van der Waals surface area contributed by atoms with Crippen molar-refractivity contribution in [3.05, 3.63) is 56.5 Å². The van der Waals surface area contributed by atoms with Crippen LogP contribution < -0.4 is 16.0 Å². The van der Waals surface area contributed by atoms with Gasteiger partial charge in [-0.1, -0.05) is 17.9 Å². The lowest BCUT2D eigenvalue weighted by molar-refractivity contribution is 0.233. The second-order valence-corrected chi connectivity index (χ2v) is 6.31. The minimum absolute atomic E-state index is 0.0672. The fourth-order valence-corrected chi connectivity index (χ4v) is 2.83. The number of benzene rings is 1. The van der Waals surface area contributed by atoms with Gasteiger partial charge in [0.2, 0.25) is 0 Å². The summed E-state index contributed by atoms with van der Waals surface area (Å²) in [6.45, 7) is 0.366. The minimum Gasteiger partial charge on any atom is -0.493 e. The quantitative estimate of drug-likeness (QED) is 0.496. The number of terminal acetylenes is 1. The van der Waals surface area contributed by atoms with E-state index < -0.39 is 11.2 Å². The van der Waals surface area contributed by atoms with E-state index in [9.17, 15) is 9.59 Å². The standard InChI is InChI=1S/C21H20N4O4/c1-4-11-25-20(27)18-19(24(3)21(25)28)22-17(23(18)2)10-9-15-7-5-8-16(14-15)29-13-6-12-26/h1,5,7-8,14,26H,6,11-13H2,2-3H3. The van der Waals surface area contributed by atoms with Gasteiger partial charge in [-0.2, -0.15) is 0 Å². The molecule has 1 aromatic carbocycles. The molecule has 0 saturated heterocycles. The van der Waals surface area contributed by atoms with Crippen LogP contribution in [0.15, 0.2) is 33.9 Å². The summed E-state index contributed by atoms with van der Waals surface area (Å²) in [5.41, 5.74) is 0.195. The first-order valence-electron chi connectivity index (χ1n) is 8.93. The van der Waals surface area contributed by atoms with Crippen LogP contribution in [0.25, 0.3) is 11.2 Å². The second kappa shape index (κ2) is 8.51. The maximum absolute atomic E-state index is 12.7. The van der Waals surface area contributed by atoms with E-state index in [-0.39, 0.29) is 24.3 Å². The summed E-state index contributed by atoms with van der Waals surface area (Å²) in [7, 11) is 3.20. The highest BCUT2D eigenvalue weighted by Gasteiger charge is 2.17. The monoisotopic (exact) mass is 392 g/mol. The lowest BCUT2D eigenvalue weighted by atomic mass is 10.2. The Kier molecular flexibility index (Phi) is 5.87. The van der Waals surface area contributed by atoms with Crippen LogP contribution in [-0.2, 0) is 20.6 Å². The maximum atomic E-state index is 12.7. The van der Waals surface area contributed by atoms with Gasteiger partial charge < -0.3 is 14.4 Å². The van der Waals surface area contributed by atoms with Gasteiger partial charge in [0.15, 0.2) is 17.0 Å². The summed E-state index contributed by atoms with van der Waals surface area (Å²) >= 11 is 0. The molecule has 8 heteroatoms. The zero-order chi connectivity index (χ0) is 21.0. The van der Waals surface area contributed by atoms with E-state index in [2.05, 4.69) is 22.7 Å². The Bertz CT molecular complexity index is 1280. The number of imidazole rings is 1. The predicted octanol–water partition coefficient (Wildman–Crippen LogP) is 0.228. The van der Waals surface area contributed by atoms with Crippen LogP contribution in [0.2, 0.25) is 0 Å². The van der Waals surface area contributed by atoms with Gasteiger partial charge in [-0.3, -0.25) is 9.36 Å². The normalized spacial score (nSPS) is 10.4. The molecule has 148 valence electrons. The van der Waals surface area contributed by atoms with Crippen molar-refractivity contribution in [2.75, 3.05) is 13.2 Å². The van der Waals surface area contributed by atoms with Crippen molar-refractivity contribution in [1.82, 2.24) is 18.7 Å². The van der Waals surface area contributed by atoms with Crippen molar-refractivity contribution in [3.8, 4) is 29.9 Å². The first-order chi connectivity index (χ1) is 14.0. The van der Waals surface area contributed by atoms with Gasteiger partial charge in [0.05, 0.1) is 13.2 Å². The highest BCUT2D eigenvalue weighted by Crippen LogP contribution is 2.13. The van der Waals surface area contributed by atoms with Crippen molar-refractivity contribution in [3.63, 3.8) is 0 Å². The lowest BCUT2D eigenvalue weighted by Crippen LogP contribution is -2.39. The summed E-state index contributed by atoms with van der Waals surface area (Å²) in [5, 5.41) is 8.83. The van der Waals surface area contributed by atoms with Gasteiger partial charge in [-0.15, -0.1) is 6.42 Å². The fraction of sp³-hybridized carbons (Fsp3) is 0.286. The average Bonchev–Trinajstić information content (AvgIpc) is 3.05. The van der Waals surface area contributed by atoms with Crippen molar-refractivity contribution < 1.29 is 9.84 Å². The van der Waals surface area contributed by atoms with Crippen LogP contribution in [0.4, 0.5) is 0 Å². The third kappa shape index (κ3) is 3.93. The molecule has 0 fully saturated rings. The molecule has 0 aliphatic rings. The number of nitrogens with zero attached hydrogens (tertiary/aromatic N) is 4. The van der Waals surface area contributed by atoms with E-state index in [1.807, 2.05) is 12.1 Å². The number of aliphatic hydroxyl groups is 1. The van der Waals surface area contributed by atoms with E-state index in [1.54, 1.807) is 23.7 Å². The molecule has 0 aliphatic carbocycles. The van der Waals surface area contributed by atoms with E-state index in [4.69, 9.17) is 16.3 Å². The average molecular weight is 392 g/mol. The molecule has 0 saturated carbocycles. The zero-order valence-corrected chi connectivity index (χ0v) is 16.2. The number of aliphatic hydroxyl groups excluding tert-OH is 1. The molecule has 8 nitrogen and oxygen atoms in total. The van der Waals surface area contributed by atoms with Gasteiger partial charge in [0, 0.05) is 32.7 Å². The van der Waals surface area contributed by atoms with E-state index in [0.29, 0.717) is 30.2 Å². The molecule has 2 aromatic heterocycles. The molecule has 0 amide bonds. The van der Waals surface area contributed by atoms with Gasteiger partial charge in [0.25, 0.3) is 5.56 Å². The van der Waals surface area contributed by atoms with Gasteiger partial charge in [0.1, 0.15) is 5.75 Å². The predicted molar refractivity (Wildman–Crippen MR) is 109 cm³/mol. The molecule has 0 aliphatic heterocycles. The Morgan fingerprint density at radius 3 is 2.72 bits per heavy atom. The molecule has 0 spiro atoms. The Hall–Kier alpha value is -3.75. The maximum Gasteiger partial charge on any atom is 0.333 e. The molecule has 2 heterocycles. The van der Waals surface area contributed by atoms with Crippen molar-refractivity contribution in [2.24, 2.45) is 14.1 Å². The topological polar surface area (TPSA) is 91.3 Å².